The number of ether oxygens (including phenoxy) is 1. The lowest BCUT2D eigenvalue weighted by Gasteiger charge is -2.41. The Balaban J connectivity index is 1.48. The molecule has 5 nitrogen and oxygen atoms in total. The molecule has 2 heterocycles. The van der Waals surface area contributed by atoms with Crippen molar-refractivity contribution in [2.75, 3.05) is 13.1 Å². The van der Waals surface area contributed by atoms with Gasteiger partial charge in [0.2, 0.25) is 5.91 Å². The van der Waals surface area contributed by atoms with Crippen LogP contribution >= 0.6 is 0 Å². The van der Waals surface area contributed by atoms with Gasteiger partial charge in [-0.25, -0.2) is 0 Å². The molecular weight excluding hydrogens is 340 g/mol. The van der Waals surface area contributed by atoms with E-state index in [1.165, 1.54) is 0 Å². The van der Waals surface area contributed by atoms with E-state index in [1.54, 1.807) is 29.2 Å². The zero-order valence-electron chi connectivity index (χ0n) is 15.7. The van der Waals surface area contributed by atoms with E-state index in [4.69, 9.17) is 4.74 Å². The lowest BCUT2D eigenvalue weighted by Crippen LogP contribution is -2.60. The van der Waals surface area contributed by atoms with Crippen LogP contribution in [0.2, 0.25) is 0 Å². The summed E-state index contributed by atoms with van der Waals surface area (Å²) in [5.41, 5.74) is 1.71. The Bertz CT molecular complexity index is 862. The highest BCUT2D eigenvalue weighted by atomic mass is 16.5. The fraction of sp³-hybridized carbons (Fsp3) is 0.364. The van der Waals surface area contributed by atoms with E-state index in [1.807, 2.05) is 43.0 Å². The number of benzene rings is 2. The summed E-state index contributed by atoms with van der Waals surface area (Å²) in [6, 6.07) is 14.7. The summed E-state index contributed by atoms with van der Waals surface area (Å²) in [6.45, 7) is 5.28. The molecule has 27 heavy (non-hydrogen) atoms. The fourth-order valence-electron chi connectivity index (χ4n) is 3.98. The van der Waals surface area contributed by atoms with Gasteiger partial charge in [-0.15, -0.1) is 0 Å². The number of nitrogens with zero attached hydrogens (tertiary/aromatic N) is 2. The van der Waals surface area contributed by atoms with Crippen molar-refractivity contribution >= 4 is 11.8 Å². The SMILES string of the molecule is Cc1cccc(Oc2ccc(C(=O)N3C[C@H]4CCCN4C(=O)[C@H]3C)cc2)c1. The molecule has 0 radical (unpaired) electrons. The van der Waals surface area contributed by atoms with Crippen molar-refractivity contribution in [3.63, 3.8) is 0 Å². The summed E-state index contributed by atoms with van der Waals surface area (Å²) in [5.74, 6) is 1.42. The number of fused-ring (bicyclic) bond motifs is 1. The van der Waals surface area contributed by atoms with Gasteiger partial charge in [-0.2, -0.15) is 0 Å². The van der Waals surface area contributed by atoms with Crippen molar-refractivity contribution in [3.05, 3.63) is 59.7 Å². The zero-order chi connectivity index (χ0) is 19.0. The van der Waals surface area contributed by atoms with Gasteiger partial charge in [0.25, 0.3) is 5.91 Å². The molecule has 2 fully saturated rings. The van der Waals surface area contributed by atoms with E-state index >= 15 is 0 Å². The molecule has 2 saturated heterocycles. The molecule has 2 atom stereocenters. The summed E-state index contributed by atoms with van der Waals surface area (Å²) in [6.07, 6.45) is 2.00. The molecule has 0 N–H and O–H groups in total. The summed E-state index contributed by atoms with van der Waals surface area (Å²) in [4.78, 5) is 29.2. The molecule has 4 rings (SSSR count). The van der Waals surface area contributed by atoms with Crippen molar-refractivity contribution in [1.29, 1.82) is 0 Å². The molecule has 2 aromatic carbocycles. The van der Waals surface area contributed by atoms with Gasteiger partial charge in [0, 0.05) is 24.7 Å². The molecule has 0 spiro atoms. The normalized spacial score (nSPS) is 21.9. The molecule has 0 aromatic heterocycles. The molecule has 0 aliphatic carbocycles. The number of aryl methyl sites for hydroxylation is 1. The lowest BCUT2D eigenvalue weighted by molar-refractivity contribution is -0.141. The van der Waals surface area contributed by atoms with Gasteiger partial charge in [-0.3, -0.25) is 9.59 Å². The first-order valence-corrected chi connectivity index (χ1v) is 9.49. The minimum atomic E-state index is -0.407. The first kappa shape index (κ1) is 17.6. The average Bonchev–Trinajstić information content (AvgIpc) is 3.14. The largest absolute Gasteiger partial charge is 0.457 e. The Labute approximate surface area is 159 Å². The van der Waals surface area contributed by atoms with Crippen molar-refractivity contribution in [1.82, 2.24) is 9.80 Å². The Morgan fingerprint density at radius 3 is 2.63 bits per heavy atom. The second-order valence-corrected chi connectivity index (χ2v) is 7.40. The van der Waals surface area contributed by atoms with Crippen LogP contribution in [0, 0.1) is 6.92 Å². The Hall–Kier alpha value is -2.82. The van der Waals surface area contributed by atoms with E-state index in [9.17, 15) is 9.59 Å². The first-order chi connectivity index (χ1) is 13.0. The van der Waals surface area contributed by atoms with Crippen LogP contribution in [0.5, 0.6) is 11.5 Å². The topological polar surface area (TPSA) is 49.9 Å². The average molecular weight is 364 g/mol. The van der Waals surface area contributed by atoms with Crippen LogP contribution < -0.4 is 4.74 Å². The monoisotopic (exact) mass is 364 g/mol. The Morgan fingerprint density at radius 1 is 1.11 bits per heavy atom. The predicted octanol–water partition coefficient (Wildman–Crippen LogP) is 3.62. The minimum absolute atomic E-state index is 0.0662. The summed E-state index contributed by atoms with van der Waals surface area (Å²) in [5, 5.41) is 0. The molecule has 0 bridgehead atoms. The molecule has 2 aliphatic rings. The van der Waals surface area contributed by atoms with Crippen LogP contribution in [0.25, 0.3) is 0 Å². The molecule has 2 aromatic rings. The molecule has 0 saturated carbocycles. The maximum Gasteiger partial charge on any atom is 0.254 e. The minimum Gasteiger partial charge on any atom is -0.457 e. The van der Waals surface area contributed by atoms with Crippen LogP contribution in [0.15, 0.2) is 48.5 Å². The number of rotatable bonds is 3. The highest BCUT2D eigenvalue weighted by Crippen LogP contribution is 2.28. The second-order valence-electron chi connectivity index (χ2n) is 7.40. The van der Waals surface area contributed by atoms with Gasteiger partial charge < -0.3 is 14.5 Å². The summed E-state index contributed by atoms with van der Waals surface area (Å²) >= 11 is 0. The number of hydrogen-bond donors (Lipinski definition) is 0. The van der Waals surface area contributed by atoms with Crippen LogP contribution in [0.1, 0.15) is 35.7 Å². The van der Waals surface area contributed by atoms with Gasteiger partial charge in [0.15, 0.2) is 0 Å². The number of hydrogen-bond acceptors (Lipinski definition) is 3. The van der Waals surface area contributed by atoms with E-state index in [-0.39, 0.29) is 17.9 Å². The highest BCUT2D eigenvalue weighted by molar-refractivity contribution is 5.98. The maximum absolute atomic E-state index is 13.0. The van der Waals surface area contributed by atoms with Crippen molar-refractivity contribution < 1.29 is 14.3 Å². The standard InChI is InChI=1S/C22H24N2O3/c1-15-5-3-7-20(13-15)27-19-10-8-17(9-11-19)22(26)24-14-18-6-4-12-23(18)21(25)16(24)2/h3,5,7-11,13,16,18H,4,6,12,14H2,1-2H3/t16-,18-/m1/s1. The van der Waals surface area contributed by atoms with Crippen molar-refractivity contribution in [3.8, 4) is 11.5 Å². The molecule has 2 aliphatic heterocycles. The molecule has 5 heteroatoms. The van der Waals surface area contributed by atoms with Crippen LogP contribution in [0.4, 0.5) is 0 Å². The Kier molecular flexibility index (Phi) is 4.60. The van der Waals surface area contributed by atoms with Crippen LogP contribution in [-0.2, 0) is 4.79 Å². The lowest BCUT2D eigenvalue weighted by atomic mass is 10.1. The van der Waals surface area contributed by atoms with E-state index in [2.05, 4.69) is 0 Å². The number of carbonyl (C=O) groups is 2. The molecular formula is C22H24N2O3. The maximum atomic E-state index is 13.0. The smallest absolute Gasteiger partial charge is 0.254 e. The van der Waals surface area contributed by atoms with Crippen LogP contribution in [-0.4, -0.2) is 46.8 Å². The van der Waals surface area contributed by atoms with E-state index < -0.39 is 6.04 Å². The Morgan fingerprint density at radius 2 is 1.89 bits per heavy atom. The quantitative estimate of drug-likeness (QED) is 0.836. The third-order valence-electron chi connectivity index (χ3n) is 5.48. The van der Waals surface area contributed by atoms with E-state index in [0.717, 1.165) is 30.7 Å². The molecule has 2 amide bonds. The van der Waals surface area contributed by atoms with Gasteiger partial charge in [-0.05, 0) is 68.7 Å². The number of piperazine rings is 1. The van der Waals surface area contributed by atoms with Crippen molar-refractivity contribution in [2.45, 2.75) is 38.8 Å². The molecule has 140 valence electrons. The van der Waals surface area contributed by atoms with E-state index in [0.29, 0.717) is 17.9 Å². The predicted molar refractivity (Wildman–Crippen MR) is 103 cm³/mol. The fourth-order valence-corrected chi connectivity index (χ4v) is 3.98. The summed E-state index contributed by atoms with van der Waals surface area (Å²) < 4.78 is 5.85. The third-order valence-corrected chi connectivity index (χ3v) is 5.48. The summed E-state index contributed by atoms with van der Waals surface area (Å²) in [7, 11) is 0. The third kappa shape index (κ3) is 3.42. The van der Waals surface area contributed by atoms with Gasteiger partial charge in [-0.1, -0.05) is 12.1 Å². The highest BCUT2D eigenvalue weighted by Gasteiger charge is 2.42. The van der Waals surface area contributed by atoms with Gasteiger partial charge in [0.1, 0.15) is 17.5 Å². The molecule has 0 unspecified atom stereocenters. The van der Waals surface area contributed by atoms with Gasteiger partial charge in [0.05, 0.1) is 0 Å². The number of amides is 2. The van der Waals surface area contributed by atoms with Crippen molar-refractivity contribution in [2.24, 2.45) is 0 Å². The first-order valence-electron chi connectivity index (χ1n) is 9.49. The second kappa shape index (κ2) is 7.06. The van der Waals surface area contributed by atoms with Gasteiger partial charge >= 0.3 is 0 Å². The number of carbonyl (C=O) groups excluding carboxylic acids is 2. The zero-order valence-corrected chi connectivity index (χ0v) is 15.7. The van der Waals surface area contributed by atoms with Crippen LogP contribution in [0.3, 0.4) is 0 Å².